The topological polar surface area (TPSA) is 78.9 Å². The molecule has 6 heteroatoms. The van der Waals surface area contributed by atoms with E-state index in [-0.39, 0.29) is 31.1 Å². The second-order valence-corrected chi connectivity index (χ2v) is 19.6. The second-order valence-electron chi connectivity index (χ2n) is 19.6. The van der Waals surface area contributed by atoms with E-state index >= 15 is 0 Å². The van der Waals surface area contributed by atoms with Gasteiger partial charge in [0, 0.05) is 19.3 Å². The molecule has 0 amide bonds. The Labute approximate surface area is 404 Å². The van der Waals surface area contributed by atoms with Crippen LogP contribution in [0.5, 0.6) is 0 Å². The average molecular weight is 916 g/mol. The first-order valence-electron chi connectivity index (χ1n) is 28.8. The van der Waals surface area contributed by atoms with Crippen molar-refractivity contribution < 1.29 is 28.6 Å². The number of carbonyl (C=O) groups excluding carboxylic acids is 3. The molecule has 0 bridgehead atoms. The molecular weight excluding hydrogens is 805 g/mol. The molecule has 65 heavy (non-hydrogen) atoms. The van der Waals surface area contributed by atoms with Crippen LogP contribution < -0.4 is 0 Å². The summed E-state index contributed by atoms with van der Waals surface area (Å²) in [6, 6.07) is 0. The van der Waals surface area contributed by atoms with Crippen molar-refractivity contribution in [2.75, 3.05) is 13.2 Å². The molecule has 0 heterocycles. The smallest absolute Gasteiger partial charge is 0.306 e. The van der Waals surface area contributed by atoms with E-state index in [2.05, 4.69) is 45.1 Å². The lowest BCUT2D eigenvalue weighted by atomic mass is 10.0. The van der Waals surface area contributed by atoms with Crippen LogP contribution in [-0.2, 0) is 28.6 Å². The lowest BCUT2D eigenvalue weighted by molar-refractivity contribution is -0.167. The van der Waals surface area contributed by atoms with Gasteiger partial charge in [0.15, 0.2) is 6.10 Å². The molecular formula is C59H110O6. The molecule has 0 spiro atoms. The first-order valence-corrected chi connectivity index (χ1v) is 28.8. The molecule has 0 N–H and O–H groups in total. The van der Waals surface area contributed by atoms with Gasteiger partial charge in [-0.25, -0.2) is 0 Å². The summed E-state index contributed by atoms with van der Waals surface area (Å²) in [4.78, 5) is 38.1. The molecule has 0 saturated heterocycles. The third-order valence-corrected chi connectivity index (χ3v) is 12.9. The first kappa shape index (κ1) is 62.9. The van der Waals surface area contributed by atoms with Crippen LogP contribution in [0.25, 0.3) is 0 Å². The number of esters is 3. The average Bonchev–Trinajstić information content (AvgIpc) is 3.30. The number of ether oxygens (including phenoxy) is 3. The Morgan fingerprint density at radius 2 is 0.508 bits per heavy atom. The van der Waals surface area contributed by atoms with Crippen molar-refractivity contribution in [3.63, 3.8) is 0 Å². The highest BCUT2D eigenvalue weighted by molar-refractivity contribution is 5.71. The Balaban J connectivity index is 4.34. The van der Waals surface area contributed by atoms with E-state index in [9.17, 15) is 14.4 Å². The van der Waals surface area contributed by atoms with E-state index in [4.69, 9.17) is 14.2 Å². The molecule has 6 nitrogen and oxygen atoms in total. The molecule has 0 radical (unpaired) electrons. The van der Waals surface area contributed by atoms with Crippen LogP contribution >= 0.6 is 0 Å². The van der Waals surface area contributed by atoms with Gasteiger partial charge in [0.25, 0.3) is 0 Å². The zero-order chi connectivity index (χ0) is 47.2. The summed E-state index contributed by atoms with van der Waals surface area (Å²) in [6.45, 7) is 6.67. The fourth-order valence-corrected chi connectivity index (χ4v) is 8.55. The monoisotopic (exact) mass is 915 g/mol. The van der Waals surface area contributed by atoms with Gasteiger partial charge in [-0.15, -0.1) is 0 Å². The standard InChI is InChI=1S/C59H110O6/c1-4-7-10-13-16-19-22-25-28-29-32-34-37-40-43-46-49-52-58(61)64-55-56(65-59(62)53-50-47-44-41-38-35-31-27-24-21-18-15-12-9-6-3)54-63-57(60)51-48-45-42-39-36-33-30-26-23-20-17-14-11-8-5-2/h25,27-28,31,56H,4-24,26,29-30,32-55H2,1-3H3/b28-25-,31-27-/t56-/m0/s1. The molecule has 0 aromatic carbocycles. The summed E-state index contributed by atoms with van der Waals surface area (Å²) in [5.41, 5.74) is 0. The summed E-state index contributed by atoms with van der Waals surface area (Å²) in [6.07, 6.45) is 63.0. The van der Waals surface area contributed by atoms with Crippen molar-refractivity contribution in [3.8, 4) is 0 Å². The van der Waals surface area contributed by atoms with Crippen molar-refractivity contribution in [2.24, 2.45) is 0 Å². The number of carbonyl (C=O) groups is 3. The van der Waals surface area contributed by atoms with Crippen LogP contribution in [0.15, 0.2) is 24.3 Å². The normalized spacial score (nSPS) is 12.1. The Bertz CT molecular complexity index is 1050. The first-order chi connectivity index (χ1) is 32.0. The van der Waals surface area contributed by atoms with Crippen molar-refractivity contribution in [1.82, 2.24) is 0 Å². The quantitative estimate of drug-likeness (QED) is 0.0262. The van der Waals surface area contributed by atoms with Crippen molar-refractivity contribution in [2.45, 2.75) is 322 Å². The van der Waals surface area contributed by atoms with Gasteiger partial charge in [-0.1, -0.05) is 251 Å². The molecule has 0 aliphatic heterocycles. The summed E-state index contributed by atoms with van der Waals surface area (Å²) in [5.74, 6) is -0.865. The van der Waals surface area contributed by atoms with Gasteiger partial charge < -0.3 is 14.2 Å². The molecule has 0 aromatic heterocycles. The molecule has 0 aromatic rings. The fourth-order valence-electron chi connectivity index (χ4n) is 8.55. The van der Waals surface area contributed by atoms with Gasteiger partial charge in [0.05, 0.1) is 0 Å². The van der Waals surface area contributed by atoms with Gasteiger partial charge in [0.1, 0.15) is 13.2 Å². The zero-order valence-corrected chi connectivity index (χ0v) is 43.8. The minimum absolute atomic E-state index is 0.0715. The van der Waals surface area contributed by atoms with Crippen LogP contribution in [0, 0.1) is 0 Å². The van der Waals surface area contributed by atoms with E-state index in [1.807, 2.05) is 0 Å². The van der Waals surface area contributed by atoms with Crippen molar-refractivity contribution >= 4 is 17.9 Å². The molecule has 0 aliphatic rings. The highest BCUT2D eigenvalue weighted by atomic mass is 16.6. The Morgan fingerprint density at radius 3 is 0.769 bits per heavy atom. The van der Waals surface area contributed by atoms with Gasteiger partial charge in [-0.3, -0.25) is 14.4 Å². The SMILES string of the molecule is CCCCCCCC/C=C\CCCCCCCCCC(=O)OC[C@H](COC(=O)CCCCCCCCCCCCCCCCC)OC(=O)CCCCCCC/C=C\CCCCCCCC. The van der Waals surface area contributed by atoms with Crippen molar-refractivity contribution in [1.29, 1.82) is 0 Å². The molecule has 0 fully saturated rings. The van der Waals surface area contributed by atoms with Gasteiger partial charge >= 0.3 is 17.9 Å². The zero-order valence-electron chi connectivity index (χ0n) is 43.8. The number of allylic oxidation sites excluding steroid dienone is 4. The van der Waals surface area contributed by atoms with E-state index in [1.165, 1.54) is 212 Å². The third-order valence-electron chi connectivity index (χ3n) is 12.9. The van der Waals surface area contributed by atoms with E-state index in [0.717, 1.165) is 64.2 Å². The van der Waals surface area contributed by atoms with E-state index < -0.39 is 6.10 Å². The predicted molar refractivity (Wildman–Crippen MR) is 279 cm³/mol. The maximum Gasteiger partial charge on any atom is 0.306 e. The summed E-state index contributed by atoms with van der Waals surface area (Å²) in [5, 5.41) is 0. The van der Waals surface area contributed by atoms with Crippen LogP contribution in [0.2, 0.25) is 0 Å². The number of unbranched alkanes of at least 4 members (excludes halogenated alkanes) is 38. The molecule has 0 aliphatic carbocycles. The molecule has 382 valence electrons. The molecule has 0 rings (SSSR count). The maximum absolute atomic E-state index is 12.8. The highest BCUT2D eigenvalue weighted by Gasteiger charge is 2.19. The van der Waals surface area contributed by atoms with Crippen LogP contribution in [0.1, 0.15) is 316 Å². The second kappa shape index (κ2) is 54.5. The Kier molecular flexibility index (Phi) is 52.7. The minimum Gasteiger partial charge on any atom is -0.462 e. The summed E-state index contributed by atoms with van der Waals surface area (Å²) < 4.78 is 16.9. The minimum atomic E-state index is -0.773. The van der Waals surface area contributed by atoms with Crippen LogP contribution in [0.3, 0.4) is 0 Å². The summed E-state index contributed by atoms with van der Waals surface area (Å²) in [7, 11) is 0. The number of hydrogen-bond donors (Lipinski definition) is 0. The highest BCUT2D eigenvalue weighted by Crippen LogP contribution is 2.16. The Morgan fingerprint density at radius 1 is 0.292 bits per heavy atom. The molecule has 0 saturated carbocycles. The molecule has 1 atom stereocenters. The number of rotatable bonds is 53. The van der Waals surface area contributed by atoms with Gasteiger partial charge in [0.2, 0.25) is 0 Å². The lowest BCUT2D eigenvalue weighted by Crippen LogP contribution is -2.30. The van der Waals surface area contributed by atoms with Gasteiger partial charge in [-0.05, 0) is 70.6 Å². The fraction of sp³-hybridized carbons (Fsp3) is 0.881. The van der Waals surface area contributed by atoms with Crippen LogP contribution in [-0.4, -0.2) is 37.2 Å². The molecule has 0 unspecified atom stereocenters. The van der Waals surface area contributed by atoms with E-state index in [0.29, 0.717) is 19.3 Å². The predicted octanol–water partition coefficient (Wildman–Crippen LogP) is 19.1. The van der Waals surface area contributed by atoms with Crippen LogP contribution in [0.4, 0.5) is 0 Å². The lowest BCUT2D eigenvalue weighted by Gasteiger charge is -2.18. The van der Waals surface area contributed by atoms with Crippen molar-refractivity contribution in [3.05, 3.63) is 24.3 Å². The van der Waals surface area contributed by atoms with E-state index in [1.54, 1.807) is 0 Å². The van der Waals surface area contributed by atoms with Gasteiger partial charge in [-0.2, -0.15) is 0 Å². The summed E-state index contributed by atoms with van der Waals surface area (Å²) >= 11 is 0. The Hall–Kier alpha value is -2.11. The largest absolute Gasteiger partial charge is 0.462 e. The number of hydrogen-bond acceptors (Lipinski definition) is 6. The maximum atomic E-state index is 12.8. The third kappa shape index (κ3) is 52.7.